The molecule has 2 aromatic rings. The molecule has 0 radical (unpaired) electrons. The lowest BCUT2D eigenvalue weighted by atomic mass is 10.0. The molecule has 1 N–H and O–H groups in total. The van der Waals surface area contributed by atoms with Gasteiger partial charge in [-0.25, -0.2) is 9.18 Å². The van der Waals surface area contributed by atoms with Gasteiger partial charge in [-0.15, -0.1) is 0 Å². The Morgan fingerprint density at radius 2 is 2.04 bits per heavy atom. The van der Waals surface area contributed by atoms with Crippen LogP contribution in [0.5, 0.6) is 0 Å². The van der Waals surface area contributed by atoms with Crippen LogP contribution in [0.3, 0.4) is 0 Å². The molecule has 0 saturated heterocycles. The molecule has 1 aromatic heterocycles. The Bertz CT molecular complexity index is 671. The molecular formula is C17H19BrFN3O. The highest BCUT2D eigenvalue weighted by Gasteiger charge is 2.31. The molecule has 1 atom stereocenters. The third kappa shape index (κ3) is 3.42. The largest absolute Gasteiger partial charge is 0.348 e. The van der Waals surface area contributed by atoms with Gasteiger partial charge in [0.25, 0.3) is 0 Å². The van der Waals surface area contributed by atoms with Crippen LogP contribution in [0, 0.1) is 5.82 Å². The number of benzene rings is 1. The number of nitrogens with zero attached hydrogens (tertiary/aromatic N) is 2. The second-order valence-corrected chi connectivity index (χ2v) is 6.34. The van der Waals surface area contributed by atoms with Crippen molar-refractivity contribution in [2.24, 2.45) is 0 Å². The van der Waals surface area contributed by atoms with Crippen LogP contribution in [0.1, 0.15) is 23.7 Å². The number of fused-ring (bicyclic) bond motifs is 1. The molecule has 0 fully saturated rings. The molecule has 1 aliphatic heterocycles. The molecule has 0 saturated carbocycles. The Balaban J connectivity index is 1.89. The fourth-order valence-corrected chi connectivity index (χ4v) is 3.24. The number of hydrogen-bond acceptors (Lipinski definition) is 1. The van der Waals surface area contributed by atoms with E-state index in [4.69, 9.17) is 0 Å². The highest BCUT2D eigenvalue weighted by molar-refractivity contribution is 9.09. The van der Waals surface area contributed by atoms with E-state index in [2.05, 4.69) is 25.8 Å². The van der Waals surface area contributed by atoms with Gasteiger partial charge in [0, 0.05) is 36.9 Å². The fraction of sp³-hybridized carbons (Fsp3) is 0.353. The number of rotatable bonds is 4. The average Bonchev–Trinajstić information content (AvgIpc) is 3.03. The predicted octanol–water partition coefficient (Wildman–Crippen LogP) is 3.53. The van der Waals surface area contributed by atoms with E-state index in [0.29, 0.717) is 13.1 Å². The zero-order chi connectivity index (χ0) is 16.2. The van der Waals surface area contributed by atoms with E-state index in [1.54, 1.807) is 12.1 Å². The second kappa shape index (κ2) is 7.17. The van der Waals surface area contributed by atoms with E-state index in [9.17, 15) is 9.18 Å². The van der Waals surface area contributed by atoms with Crippen molar-refractivity contribution < 1.29 is 9.18 Å². The topological polar surface area (TPSA) is 37.3 Å². The first-order chi connectivity index (χ1) is 11.2. The minimum absolute atomic E-state index is 0.0762. The van der Waals surface area contributed by atoms with E-state index < -0.39 is 0 Å². The number of urea groups is 1. The van der Waals surface area contributed by atoms with Crippen molar-refractivity contribution in [1.29, 1.82) is 0 Å². The van der Waals surface area contributed by atoms with Gasteiger partial charge in [0.1, 0.15) is 5.82 Å². The van der Waals surface area contributed by atoms with Gasteiger partial charge < -0.3 is 14.8 Å². The summed E-state index contributed by atoms with van der Waals surface area (Å²) < 4.78 is 15.4. The average molecular weight is 380 g/mol. The molecule has 0 spiro atoms. The molecule has 2 heterocycles. The molecule has 0 bridgehead atoms. The highest BCUT2D eigenvalue weighted by Crippen LogP contribution is 2.32. The lowest BCUT2D eigenvalue weighted by Crippen LogP contribution is -2.47. The lowest BCUT2D eigenvalue weighted by molar-refractivity contribution is 0.169. The van der Waals surface area contributed by atoms with Gasteiger partial charge >= 0.3 is 6.03 Å². The molecular weight excluding hydrogens is 361 g/mol. The standard InChI is InChI=1S/C17H19BrFN3O/c18-8-2-9-20-17(23)22-12-11-21-10-1-3-15(21)16(22)13-4-6-14(19)7-5-13/h1,3-7,10,16H,2,8-9,11-12H2,(H,20,23). The second-order valence-electron chi connectivity index (χ2n) is 5.55. The summed E-state index contributed by atoms with van der Waals surface area (Å²) in [4.78, 5) is 14.4. The number of aromatic nitrogens is 1. The molecule has 4 nitrogen and oxygen atoms in total. The minimum atomic E-state index is -0.270. The third-order valence-electron chi connectivity index (χ3n) is 4.07. The Kier molecular flexibility index (Phi) is 5.00. The van der Waals surface area contributed by atoms with Crippen molar-refractivity contribution in [3.8, 4) is 0 Å². The number of amides is 2. The van der Waals surface area contributed by atoms with Gasteiger partial charge in [-0.3, -0.25) is 0 Å². The van der Waals surface area contributed by atoms with Crippen molar-refractivity contribution in [3.05, 3.63) is 59.7 Å². The maximum Gasteiger partial charge on any atom is 0.318 e. The smallest absolute Gasteiger partial charge is 0.318 e. The van der Waals surface area contributed by atoms with E-state index in [1.807, 2.05) is 23.2 Å². The summed E-state index contributed by atoms with van der Waals surface area (Å²) in [6, 6.07) is 10.1. The Morgan fingerprint density at radius 1 is 1.26 bits per heavy atom. The molecule has 1 unspecified atom stereocenters. The first kappa shape index (κ1) is 16.1. The maximum atomic E-state index is 13.2. The zero-order valence-corrected chi connectivity index (χ0v) is 14.3. The monoisotopic (exact) mass is 379 g/mol. The van der Waals surface area contributed by atoms with Crippen LogP contribution in [0.15, 0.2) is 42.6 Å². The quantitative estimate of drug-likeness (QED) is 0.640. The number of hydrogen-bond donors (Lipinski definition) is 1. The summed E-state index contributed by atoms with van der Waals surface area (Å²) in [5, 5.41) is 3.82. The zero-order valence-electron chi connectivity index (χ0n) is 12.7. The predicted molar refractivity (Wildman–Crippen MR) is 91.2 cm³/mol. The van der Waals surface area contributed by atoms with E-state index in [0.717, 1.165) is 29.6 Å². The normalized spacial score (nSPS) is 17.0. The van der Waals surface area contributed by atoms with Gasteiger partial charge in [0.15, 0.2) is 0 Å². The Hall–Kier alpha value is -1.82. The van der Waals surface area contributed by atoms with E-state index in [1.165, 1.54) is 12.1 Å². The van der Waals surface area contributed by atoms with Crippen molar-refractivity contribution >= 4 is 22.0 Å². The summed E-state index contributed by atoms with van der Waals surface area (Å²) in [7, 11) is 0. The molecule has 6 heteroatoms. The molecule has 1 aromatic carbocycles. The maximum absolute atomic E-state index is 13.2. The molecule has 122 valence electrons. The van der Waals surface area contributed by atoms with Gasteiger partial charge in [-0.1, -0.05) is 28.1 Å². The first-order valence-electron chi connectivity index (χ1n) is 7.71. The Labute approximate surface area is 143 Å². The Morgan fingerprint density at radius 3 is 2.78 bits per heavy atom. The molecule has 3 rings (SSSR count). The van der Waals surface area contributed by atoms with Crippen LogP contribution in [0.25, 0.3) is 0 Å². The number of alkyl halides is 1. The molecule has 2 amide bonds. The third-order valence-corrected chi connectivity index (χ3v) is 4.63. The lowest BCUT2D eigenvalue weighted by Gasteiger charge is -2.37. The number of nitrogens with one attached hydrogen (secondary N) is 1. The van der Waals surface area contributed by atoms with Crippen LogP contribution < -0.4 is 5.32 Å². The van der Waals surface area contributed by atoms with Crippen molar-refractivity contribution in [2.75, 3.05) is 18.4 Å². The van der Waals surface area contributed by atoms with Gasteiger partial charge in [0.2, 0.25) is 0 Å². The van der Waals surface area contributed by atoms with Gasteiger partial charge in [-0.05, 0) is 36.2 Å². The SMILES string of the molecule is O=C(NCCCBr)N1CCn2cccc2C1c1ccc(F)cc1. The van der Waals surface area contributed by atoms with Crippen LogP contribution in [-0.4, -0.2) is 33.9 Å². The minimum Gasteiger partial charge on any atom is -0.348 e. The van der Waals surface area contributed by atoms with Crippen LogP contribution in [0.4, 0.5) is 9.18 Å². The molecule has 23 heavy (non-hydrogen) atoms. The van der Waals surface area contributed by atoms with Crippen LogP contribution in [-0.2, 0) is 6.54 Å². The van der Waals surface area contributed by atoms with Crippen molar-refractivity contribution in [1.82, 2.24) is 14.8 Å². The highest BCUT2D eigenvalue weighted by atomic mass is 79.9. The van der Waals surface area contributed by atoms with Gasteiger partial charge in [-0.2, -0.15) is 0 Å². The molecule has 0 aliphatic carbocycles. The van der Waals surface area contributed by atoms with Crippen LogP contribution >= 0.6 is 15.9 Å². The summed E-state index contributed by atoms with van der Waals surface area (Å²) in [5.74, 6) is -0.270. The summed E-state index contributed by atoms with van der Waals surface area (Å²) in [6.07, 6.45) is 2.91. The van der Waals surface area contributed by atoms with Gasteiger partial charge in [0.05, 0.1) is 6.04 Å². The number of carbonyl (C=O) groups excluding carboxylic acids is 1. The van der Waals surface area contributed by atoms with E-state index >= 15 is 0 Å². The van der Waals surface area contributed by atoms with Crippen molar-refractivity contribution in [3.63, 3.8) is 0 Å². The number of carbonyl (C=O) groups is 1. The van der Waals surface area contributed by atoms with Crippen molar-refractivity contribution in [2.45, 2.75) is 19.0 Å². The van der Waals surface area contributed by atoms with E-state index in [-0.39, 0.29) is 17.9 Å². The van der Waals surface area contributed by atoms with Crippen LogP contribution in [0.2, 0.25) is 0 Å². The number of halogens is 2. The summed E-state index contributed by atoms with van der Waals surface area (Å²) in [6.45, 7) is 2.04. The summed E-state index contributed by atoms with van der Waals surface area (Å²) in [5.41, 5.74) is 1.97. The molecule has 1 aliphatic rings. The fourth-order valence-electron chi connectivity index (χ4n) is 2.96. The summed E-state index contributed by atoms with van der Waals surface area (Å²) >= 11 is 3.36. The first-order valence-corrected chi connectivity index (χ1v) is 8.84.